The highest BCUT2D eigenvalue weighted by Gasteiger charge is 2.26. The van der Waals surface area contributed by atoms with Crippen LogP contribution in [0.2, 0.25) is 5.02 Å². The van der Waals surface area contributed by atoms with Crippen molar-refractivity contribution in [1.29, 1.82) is 0 Å². The Bertz CT molecular complexity index is 1010. The van der Waals surface area contributed by atoms with Crippen LogP contribution in [0.5, 0.6) is 0 Å². The molecule has 0 spiro atoms. The Kier molecular flexibility index (Phi) is 4.98. The summed E-state index contributed by atoms with van der Waals surface area (Å²) in [7, 11) is 0. The van der Waals surface area contributed by atoms with Crippen LogP contribution >= 0.6 is 11.6 Å². The third kappa shape index (κ3) is 3.83. The number of aliphatic hydroxyl groups is 1. The summed E-state index contributed by atoms with van der Waals surface area (Å²) in [5.41, 5.74) is -1.45. The molecule has 0 aliphatic heterocycles. The number of non-ortho nitro benzene ring substituents is 1. The number of hydrogen-bond acceptors (Lipinski definition) is 7. The molecule has 1 unspecified atom stereocenters. The van der Waals surface area contributed by atoms with Crippen LogP contribution in [-0.4, -0.2) is 26.4 Å². The molecule has 1 atom stereocenters. The summed E-state index contributed by atoms with van der Waals surface area (Å²) in [5.74, 6) is 0.360. The minimum Gasteiger partial charge on any atom is -0.466 e. The molecule has 3 rings (SSSR count). The smallest absolute Gasteiger partial charge is 0.292 e. The van der Waals surface area contributed by atoms with Gasteiger partial charge in [-0.25, -0.2) is 0 Å². The highest BCUT2D eigenvalue weighted by atomic mass is 35.5. The summed E-state index contributed by atoms with van der Waals surface area (Å²) in [6.45, 7) is 1.58. The number of nitro benzene ring substituents is 1. The van der Waals surface area contributed by atoms with E-state index in [9.17, 15) is 20.0 Å². The first-order chi connectivity index (χ1) is 12.8. The van der Waals surface area contributed by atoms with Gasteiger partial charge < -0.3 is 14.8 Å². The maximum atomic E-state index is 12.5. The van der Waals surface area contributed by atoms with Crippen LogP contribution in [0.3, 0.4) is 0 Å². The monoisotopic (exact) mass is 390 g/mol. The van der Waals surface area contributed by atoms with Crippen molar-refractivity contribution < 1.29 is 14.4 Å². The summed E-state index contributed by atoms with van der Waals surface area (Å²) >= 11 is 6.13. The van der Waals surface area contributed by atoms with Gasteiger partial charge in [0.1, 0.15) is 16.4 Å². The second-order valence-corrected chi connectivity index (χ2v) is 6.35. The van der Waals surface area contributed by atoms with E-state index in [1.165, 1.54) is 36.7 Å². The standard InChI is InChI=1S/C17H15ClN4O5/c1-17(24,14-3-2-8-27-14)10-19-13-9-20-21(16(23)15(13)18)11-4-6-12(7-5-11)22(25)26/h2-9,19,24H,10H2,1H3. The topological polar surface area (TPSA) is 123 Å². The van der Waals surface area contributed by atoms with Crippen LogP contribution in [0.25, 0.3) is 5.69 Å². The van der Waals surface area contributed by atoms with E-state index in [-0.39, 0.29) is 22.9 Å². The van der Waals surface area contributed by atoms with Gasteiger partial charge in [-0.1, -0.05) is 11.6 Å². The Hall–Kier alpha value is -3.17. The second kappa shape index (κ2) is 7.22. The summed E-state index contributed by atoms with van der Waals surface area (Å²) in [5, 5.41) is 27.9. The van der Waals surface area contributed by atoms with Gasteiger partial charge in [0.05, 0.1) is 35.3 Å². The van der Waals surface area contributed by atoms with Crippen LogP contribution in [0.15, 0.2) is 58.1 Å². The van der Waals surface area contributed by atoms with E-state index in [0.717, 1.165) is 4.68 Å². The van der Waals surface area contributed by atoms with Gasteiger partial charge in [0.15, 0.2) is 0 Å². The zero-order chi connectivity index (χ0) is 19.6. The lowest BCUT2D eigenvalue weighted by molar-refractivity contribution is -0.384. The van der Waals surface area contributed by atoms with Crippen molar-refractivity contribution in [3.05, 3.63) is 80.1 Å². The Balaban J connectivity index is 1.83. The van der Waals surface area contributed by atoms with Crippen molar-refractivity contribution in [2.75, 3.05) is 11.9 Å². The molecule has 0 amide bonds. The quantitative estimate of drug-likeness (QED) is 0.489. The molecule has 0 bridgehead atoms. The van der Waals surface area contributed by atoms with E-state index in [0.29, 0.717) is 11.4 Å². The van der Waals surface area contributed by atoms with E-state index >= 15 is 0 Å². The molecule has 1 aromatic carbocycles. The SMILES string of the molecule is CC(O)(CNc1cnn(-c2ccc([N+](=O)[O-])cc2)c(=O)c1Cl)c1ccco1. The molecule has 27 heavy (non-hydrogen) atoms. The van der Waals surface area contributed by atoms with Gasteiger partial charge in [-0.3, -0.25) is 14.9 Å². The molecular formula is C17H15ClN4O5. The first kappa shape index (κ1) is 18.6. The number of rotatable bonds is 6. The van der Waals surface area contributed by atoms with Gasteiger partial charge in [0.25, 0.3) is 11.2 Å². The average molecular weight is 391 g/mol. The number of nitrogens with one attached hydrogen (secondary N) is 1. The fourth-order valence-electron chi connectivity index (χ4n) is 2.39. The molecule has 0 radical (unpaired) electrons. The zero-order valence-electron chi connectivity index (χ0n) is 14.1. The van der Waals surface area contributed by atoms with Gasteiger partial charge in [-0.2, -0.15) is 9.78 Å². The number of furan rings is 1. The number of aromatic nitrogens is 2. The second-order valence-electron chi connectivity index (χ2n) is 5.97. The van der Waals surface area contributed by atoms with E-state index in [1.54, 1.807) is 19.1 Å². The van der Waals surface area contributed by atoms with Crippen molar-refractivity contribution >= 4 is 23.0 Å². The van der Waals surface area contributed by atoms with Crippen LogP contribution in [0.1, 0.15) is 12.7 Å². The number of hydrogen-bond donors (Lipinski definition) is 2. The highest BCUT2D eigenvalue weighted by molar-refractivity contribution is 6.32. The van der Waals surface area contributed by atoms with Crippen molar-refractivity contribution in [2.24, 2.45) is 0 Å². The molecule has 2 N–H and O–H groups in total. The first-order valence-electron chi connectivity index (χ1n) is 7.82. The van der Waals surface area contributed by atoms with Gasteiger partial charge >= 0.3 is 0 Å². The zero-order valence-corrected chi connectivity index (χ0v) is 14.9. The number of halogens is 1. The Labute approximate surface area is 158 Å². The van der Waals surface area contributed by atoms with Crippen molar-refractivity contribution in [2.45, 2.75) is 12.5 Å². The number of nitrogens with zero attached hydrogens (tertiary/aromatic N) is 3. The lowest BCUT2D eigenvalue weighted by atomic mass is 10.0. The lowest BCUT2D eigenvalue weighted by Gasteiger charge is -2.22. The summed E-state index contributed by atoms with van der Waals surface area (Å²) in [4.78, 5) is 22.7. The van der Waals surface area contributed by atoms with E-state index in [4.69, 9.17) is 16.0 Å². The van der Waals surface area contributed by atoms with E-state index < -0.39 is 16.1 Å². The number of anilines is 1. The van der Waals surface area contributed by atoms with Crippen molar-refractivity contribution in [3.63, 3.8) is 0 Å². The molecule has 0 aliphatic rings. The normalized spacial score (nSPS) is 13.1. The van der Waals surface area contributed by atoms with Gasteiger partial charge in [-0.15, -0.1) is 0 Å². The van der Waals surface area contributed by atoms with Gasteiger partial charge in [-0.05, 0) is 31.2 Å². The number of benzene rings is 1. The van der Waals surface area contributed by atoms with Crippen LogP contribution < -0.4 is 10.9 Å². The summed E-state index contributed by atoms with van der Waals surface area (Å²) < 4.78 is 6.22. The third-order valence-corrected chi connectivity index (χ3v) is 4.26. The minimum absolute atomic E-state index is 0.0307. The molecule has 2 heterocycles. The van der Waals surface area contributed by atoms with Crippen LogP contribution in [0, 0.1) is 10.1 Å². The van der Waals surface area contributed by atoms with Gasteiger partial charge in [0.2, 0.25) is 0 Å². The van der Waals surface area contributed by atoms with E-state index in [1.807, 2.05) is 0 Å². The Morgan fingerprint density at radius 1 is 1.37 bits per heavy atom. The Morgan fingerprint density at radius 2 is 2.07 bits per heavy atom. The van der Waals surface area contributed by atoms with Crippen LogP contribution in [0.4, 0.5) is 11.4 Å². The summed E-state index contributed by atoms with van der Waals surface area (Å²) in [6.07, 6.45) is 2.78. The Morgan fingerprint density at radius 3 is 2.67 bits per heavy atom. The third-order valence-electron chi connectivity index (χ3n) is 3.90. The molecular weight excluding hydrogens is 376 g/mol. The molecule has 3 aromatic rings. The molecule has 140 valence electrons. The van der Waals surface area contributed by atoms with Crippen LogP contribution in [-0.2, 0) is 5.60 Å². The maximum absolute atomic E-state index is 12.5. The fourth-order valence-corrected chi connectivity index (χ4v) is 2.59. The molecule has 2 aromatic heterocycles. The molecule has 9 nitrogen and oxygen atoms in total. The van der Waals surface area contributed by atoms with Crippen molar-refractivity contribution in [3.8, 4) is 5.69 Å². The summed E-state index contributed by atoms with van der Waals surface area (Å²) in [6, 6.07) is 8.63. The minimum atomic E-state index is -1.32. The largest absolute Gasteiger partial charge is 0.466 e. The highest BCUT2D eigenvalue weighted by Crippen LogP contribution is 2.24. The molecule has 0 saturated carbocycles. The molecule has 0 fully saturated rings. The van der Waals surface area contributed by atoms with Crippen molar-refractivity contribution in [1.82, 2.24) is 9.78 Å². The first-order valence-corrected chi connectivity index (χ1v) is 8.20. The average Bonchev–Trinajstić information content (AvgIpc) is 3.19. The molecule has 10 heteroatoms. The van der Waals surface area contributed by atoms with Gasteiger partial charge in [0, 0.05) is 12.1 Å². The predicted octanol–water partition coefficient (Wildman–Crippen LogP) is 2.71. The maximum Gasteiger partial charge on any atom is 0.292 e. The molecule has 0 aliphatic carbocycles. The lowest BCUT2D eigenvalue weighted by Crippen LogP contribution is -2.31. The van der Waals surface area contributed by atoms with E-state index in [2.05, 4.69) is 10.4 Å². The molecule has 0 saturated heterocycles. The predicted molar refractivity (Wildman–Crippen MR) is 98.3 cm³/mol. The fraction of sp³-hybridized carbons (Fsp3) is 0.176. The number of nitro groups is 1.